The van der Waals surface area contributed by atoms with Gasteiger partial charge in [-0.25, -0.2) is 17.5 Å². The van der Waals surface area contributed by atoms with Crippen molar-refractivity contribution >= 4 is 27.5 Å². The minimum atomic E-state index is -3.77. The standard InChI is InChI=1S/C14H17ClFNO4S/c1-22(19,20)17-14(18)10-7-11(15)13(8-12(10)16)21-9-5-3-2-4-6-9/h7-9H,2-6H2,1H3,(H,17,18). The van der Waals surface area contributed by atoms with Crippen LogP contribution in [-0.4, -0.2) is 26.7 Å². The quantitative estimate of drug-likeness (QED) is 0.907. The van der Waals surface area contributed by atoms with E-state index in [9.17, 15) is 17.6 Å². The molecule has 1 saturated carbocycles. The van der Waals surface area contributed by atoms with Gasteiger partial charge in [-0.1, -0.05) is 18.0 Å². The third-order valence-electron chi connectivity index (χ3n) is 3.39. The number of rotatable bonds is 4. The average Bonchev–Trinajstić information content (AvgIpc) is 2.41. The number of hydrogen-bond acceptors (Lipinski definition) is 4. The van der Waals surface area contributed by atoms with Crippen LogP contribution in [0.25, 0.3) is 0 Å². The molecule has 0 saturated heterocycles. The van der Waals surface area contributed by atoms with Gasteiger partial charge in [0.05, 0.1) is 22.9 Å². The molecule has 1 aliphatic rings. The van der Waals surface area contributed by atoms with Gasteiger partial charge in [-0.2, -0.15) is 0 Å². The summed E-state index contributed by atoms with van der Waals surface area (Å²) in [5, 5.41) is 0.0747. The monoisotopic (exact) mass is 349 g/mol. The summed E-state index contributed by atoms with van der Waals surface area (Å²) in [6.07, 6.45) is 5.83. The van der Waals surface area contributed by atoms with E-state index in [2.05, 4.69) is 0 Å². The first-order chi connectivity index (χ1) is 10.3. The molecular formula is C14H17ClFNO4S. The first kappa shape index (κ1) is 17.0. The summed E-state index contributed by atoms with van der Waals surface area (Å²) in [6.45, 7) is 0. The lowest BCUT2D eigenvalue weighted by Crippen LogP contribution is -2.30. The zero-order valence-corrected chi connectivity index (χ0v) is 13.6. The van der Waals surface area contributed by atoms with E-state index in [1.54, 1.807) is 4.72 Å². The number of nitrogens with one attached hydrogen (secondary N) is 1. The van der Waals surface area contributed by atoms with Crippen LogP contribution in [0.1, 0.15) is 42.5 Å². The lowest BCUT2D eigenvalue weighted by Gasteiger charge is -2.23. The second-order valence-corrected chi connectivity index (χ2v) is 7.50. The molecule has 0 atom stereocenters. The Labute approximate surface area is 133 Å². The van der Waals surface area contributed by atoms with Gasteiger partial charge in [0.15, 0.2) is 0 Å². The fraction of sp³-hybridized carbons (Fsp3) is 0.500. The number of carbonyl (C=O) groups excluding carboxylic acids is 1. The van der Waals surface area contributed by atoms with Crippen molar-refractivity contribution in [3.05, 3.63) is 28.5 Å². The van der Waals surface area contributed by atoms with Crippen LogP contribution in [0.3, 0.4) is 0 Å². The fourth-order valence-electron chi connectivity index (χ4n) is 2.38. The molecule has 0 heterocycles. The van der Waals surface area contributed by atoms with E-state index in [0.717, 1.165) is 50.5 Å². The molecule has 22 heavy (non-hydrogen) atoms. The van der Waals surface area contributed by atoms with Crippen LogP contribution in [0.15, 0.2) is 12.1 Å². The predicted octanol–water partition coefficient (Wildman–Crippen LogP) is 2.88. The summed E-state index contributed by atoms with van der Waals surface area (Å²) in [5.41, 5.74) is -0.439. The number of amides is 1. The molecule has 0 radical (unpaired) electrons. The molecule has 122 valence electrons. The molecule has 1 aromatic carbocycles. The van der Waals surface area contributed by atoms with Gasteiger partial charge >= 0.3 is 0 Å². The maximum Gasteiger partial charge on any atom is 0.267 e. The average molecular weight is 350 g/mol. The molecule has 0 aromatic heterocycles. The molecule has 1 aromatic rings. The minimum absolute atomic E-state index is 0.0126. The number of sulfonamides is 1. The Kier molecular flexibility index (Phi) is 5.28. The summed E-state index contributed by atoms with van der Waals surface area (Å²) >= 11 is 6.01. The third kappa shape index (κ3) is 4.58. The van der Waals surface area contributed by atoms with Crippen molar-refractivity contribution in [2.45, 2.75) is 38.2 Å². The molecule has 8 heteroatoms. The maximum absolute atomic E-state index is 14.0. The van der Waals surface area contributed by atoms with E-state index in [4.69, 9.17) is 16.3 Å². The highest BCUT2D eigenvalue weighted by Crippen LogP contribution is 2.31. The topological polar surface area (TPSA) is 72.5 Å². The Morgan fingerprint density at radius 3 is 2.55 bits per heavy atom. The maximum atomic E-state index is 14.0. The number of carbonyl (C=O) groups is 1. The van der Waals surface area contributed by atoms with Gasteiger partial charge in [0.25, 0.3) is 5.91 Å². The zero-order valence-electron chi connectivity index (χ0n) is 12.1. The molecule has 1 N–H and O–H groups in total. The van der Waals surface area contributed by atoms with Gasteiger partial charge in [-0.15, -0.1) is 0 Å². The van der Waals surface area contributed by atoms with E-state index in [1.807, 2.05) is 0 Å². The summed E-state index contributed by atoms with van der Waals surface area (Å²) in [6, 6.07) is 2.10. The van der Waals surface area contributed by atoms with Crippen LogP contribution < -0.4 is 9.46 Å². The van der Waals surface area contributed by atoms with Gasteiger partial charge in [-0.3, -0.25) is 4.79 Å². The van der Waals surface area contributed by atoms with Crippen LogP contribution in [0, 0.1) is 5.82 Å². The summed E-state index contributed by atoms with van der Waals surface area (Å²) in [4.78, 5) is 11.7. The van der Waals surface area contributed by atoms with Crippen LogP contribution >= 0.6 is 11.6 Å². The SMILES string of the molecule is CS(=O)(=O)NC(=O)c1cc(Cl)c(OC2CCCCC2)cc1F. The number of ether oxygens (including phenoxy) is 1. The van der Waals surface area contributed by atoms with E-state index in [0.29, 0.717) is 0 Å². The zero-order chi connectivity index (χ0) is 16.3. The Morgan fingerprint density at radius 2 is 1.95 bits per heavy atom. The second-order valence-electron chi connectivity index (χ2n) is 5.34. The van der Waals surface area contributed by atoms with Crippen molar-refractivity contribution in [1.82, 2.24) is 4.72 Å². The molecular weight excluding hydrogens is 333 g/mol. The molecule has 5 nitrogen and oxygen atoms in total. The van der Waals surface area contributed by atoms with Crippen molar-refractivity contribution in [3.8, 4) is 5.75 Å². The van der Waals surface area contributed by atoms with Gasteiger partial charge in [-0.05, 0) is 31.7 Å². The summed E-state index contributed by atoms with van der Waals surface area (Å²) < 4.78 is 43.5. The third-order valence-corrected chi connectivity index (χ3v) is 4.24. The first-order valence-corrected chi connectivity index (χ1v) is 9.21. The van der Waals surface area contributed by atoms with Crippen molar-refractivity contribution in [3.63, 3.8) is 0 Å². The van der Waals surface area contributed by atoms with Crippen molar-refractivity contribution in [1.29, 1.82) is 0 Å². The number of hydrogen-bond donors (Lipinski definition) is 1. The van der Waals surface area contributed by atoms with E-state index in [1.165, 1.54) is 0 Å². The highest BCUT2D eigenvalue weighted by atomic mass is 35.5. The summed E-state index contributed by atoms with van der Waals surface area (Å²) in [5.74, 6) is -1.77. The van der Waals surface area contributed by atoms with E-state index >= 15 is 0 Å². The normalized spacial score (nSPS) is 16.3. The van der Waals surface area contributed by atoms with E-state index in [-0.39, 0.29) is 16.9 Å². The van der Waals surface area contributed by atoms with Gasteiger partial charge < -0.3 is 4.74 Å². The lowest BCUT2D eigenvalue weighted by atomic mass is 9.98. The Balaban J connectivity index is 2.18. The van der Waals surface area contributed by atoms with Crippen molar-refractivity contribution < 1.29 is 22.3 Å². The highest BCUT2D eigenvalue weighted by Gasteiger charge is 2.21. The molecule has 1 amide bonds. The summed E-state index contributed by atoms with van der Waals surface area (Å²) in [7, 11) is -3.77. The lowest BCUT2D eigenvalue weighted by molar-refractivity contribution is 0.0977. The highest BCUT2D eigenvalue weighted by molar-refractivity contribution is 7.89. The minimum Gasteiger partial charge on any atom is -0.489 e. The molecule has 2 rings (SSSR count). The predicted molar refractivity (Wildman–Crippen MR) is 81.2 cm³/mol. The van der Waals surface area contributed by atoms with Gasteiger partial charge in [0.1, 0.15) is 11.6 Å². The number of halogens is 2. The first-order valence-electron chi connectivity index (χ1n) is 6.94. The Bertz CT molecular complexity index is 672. The molecule has 0 unspecified atom stereocenters. The van der Waals surface area contributed by atoms with E-state index < -0.39 is 27.3 Å². The second kappa shape index (κ2) is 6.83. The van der Waals surface area contributed by atoms with Gasteiger partial charge in [0, 0.05) is 6.07 Å². The molecule has 0 bridgehead atoms. The van der Waals surface area contributed by atoms with Crippen LogP contribution in [0.5, 0.6) is 5.75 Å². The molecule has 0 aliphatic heterocycles. The Morgan fingerprint density at radius 1 is 1.32 bits per heavy atom. The fourth-order valence-corrected chi connectivity index (χ4v) is 3.03. The molecule has 0 spiro atoms. The van der Waals surface area contributed by atoms with Crippen LogP contribution in [0.2, 0.25) is 5.02 Å². The van der Waals surface area contributed by atoms with Crippen LogP contribution in [-0.2, 0) is 10.0 Å². The smallest absolute Gasteiger partial charge is 0.267 e. The van der Waals surface area contributed by atoms with Gasteiger partial charge in [0.2, 0.25) is 10.0 Å². The van der Waals surface area contributed by atoms with Crippen molar-refractivity contribution in [2.75, 3.05) is 6.26 Å². The van der Waals surface area contributed by atoms with Crippen molar-refractivity contribution in [2.24, 2.45) is 0 Å². The molecule has 1 fully saturated rings. The Hall–Kier alpha value is -1.34. The number of benzene rings is 1. The van der Waals surface area contributed by atoms with Crippen LogP contribution in [0.4, 0.5) is 4.39 Å². The largest absolute Gasteiger partial charge is 0.489 e. The molecule has 1 aliphatic carbocycles.